The van der Waals surface area contributed by atoms with Gasteiger partial charge in [0, 0.05) is 6.42 Å². The molecule has 2 amide bonds. The number of phenols is 1. The third-order valence-electron chi connectivity index (χ3n) is 3.53. The summed E-state index contributed by atoms with van der Waals surface area (Å²) in [4.78, 5) is 35.4. The molecule has 0 saturated carbocycles. The van der Waals surface area contributed by atoms with Gasteiger partial charge in [-0.25, -0.2) is 4.79 Å². The van der Waals surface area contributed by atoms with Crippen molar-refractivity contribution in [2.45, 2.75) is 38.8 Å². The number of benzene rings is 1. The van der Waals surface area contributed by atoms with Crippen molar-refractivity contribution >= 4 is 17.8 Å². The van der Waals surface area contributed by atoms with Gasteiger partial charge in [-0.05, 0) is 30.0 Å². The molecule has 0 spiro atoms. The van der Waals surface area contributed by atoms with E-state index < -0.39 is 29.9 Å². The van der Waals surface area contributed by atoms with Crippen LogP contribution in [0.1, 0.15) is 25.8 Å². The van der Waals surface area contributed by atoms with E-state index in [0.717, 1.165) is 0 Å². The maximum Gasteiger partial charge on any atom is 0.326 e. The highest BCUT2D eigenvalue weighted by molar-refractivity contribution is 5.90. The van der Waals surface area contributed by atoms with E-state index in [9.17, 15) is 24.6 Å². The predicted molar refractivity (Wildman–Crippen MR) is 91.8 cm³/mol. The minimum Gasteiger partial charge on any atom is -0.508 e. The van der Waals surface area contributed by atoms with Gasteiger partial charge in [0.05, 0.1) is 6.54 Å². The minimum atomic E-state index is -1.19. The number of hydrogen-bond acceptors (Lipinski definition) is 5. The lowest BCUT2D eigenvalue weighted by Crippen LogP contribution is -2.53. The van der Waals surface area contributed by atoms with Crippen molar-refractivity contribution < 1.29 is 24.6 Å². The SMILES string of the molecule is CC(C)CC(NC(=O)CN)C(=O)NC(Cc1ccc(O)cc1)C(=O)O. The Hall–Kier alpha value is -2.61. The lowest BCUT2D eigenvalue weighted by Gasteiger charge is -2.22. The van der Waals surface area contributed by atoms with Crippen molar-refractivity contribution in [2.75, 3.05) is 6.54 Å². The maximum absolute atomic E-state index is 12.4. The van der Waals surface area contributed by atoms with Crippen LogP contribution < -0.4 is 16.4 Å². The molecule has 0 saturated heterocycles. The first kappa shape index (κ1) is 20.4. The van der Waals surface area contributed by atoms with E-state index >= 15 is 0 Å². The van der Waals surface area contributed by atoms with Crippen LogP contribution in [-0.4, -0.2) is 46.6 Å². The zero-order valence-corrected chi connectivity index (χ0v) is 14.4. The first-order valence-electron chi connectivity index (χ1n) is 8.03. The number of phenolic OH excluding ortho intramolecular Hbond substituents is 1. The lowest BCUT2D eigenvalue weighted by atomic mass is 10.0. The molecule has 138 valence electrons. The van der Waals surface area contributed by atoms with Gasteiger partial charge in [-0.1, -0.05) is 26.0 Å². The molecular formula is C17H25N3O5. The van der Waals surface area contributed by atoms with Crippen molar-refractivity contribution in [3.8, 4) is 5.75 Å². The van der Waals surface area contributed by atoms with Crippen LogP contribution in [0.15, 0.2) is 24.3 Å². The van der Waals surface area contributed by atoms with E-state index in [1.165, 1.54) is 12.1 Å². The van der Waals surface area contributed by atoms with Gasteiger partial charge in [-0.15, -0.1) is 0 Å². The van der Waals surface area contributed by atoms with Crippen LogP contribution in [-0.2, 0) is 20.8 Å². The van der Waals surface area contributed by atoms with Crippen molar-refractivity contribution in [3.63, 3.8) is 0 Å². The van der Waals surface area contributed by atoms with E-state index in [-0.39, 0.29) is 24.6 Å². The molecule has 1 aromatic carbocycles. The molecule has 0 aromatic heterocycles. The lowest BCUT2D eigenvalue weighted by molar-refractivity contribution is -0.142. The van der Waals surface area contributed by atoms with Crippen LogP contribution >= 0.6 is 0 Å². The number of carboxylic acids is 1. The van der Waals surface area contributed by atoms with Crippen LogP contribution in [0, 0.1) is 5.92 Å². The number of nitrogens with two attached hydrogens (primary N) is 1. The molecule has 8 heteroatoms. The summed E-state index contributed by atoms with van der Waals surface area (Å²) in [5.41, 5.74) is 5.91. The second-order valence-corrected chi connectivity index (χ2v) is 6.22. The molecule has 25 heavy (non-hydrogen) atoms. The minimum absolute atomic E-state index is 0.0561. The van der Waals surface area contributed by atoms with Crippen LogP contribution in [0.25, 0.3) is 0 Å². The van der Waals surface area contributed by atoms with E-state index in [1.54, 1.807) is 12.1 Å². The second-order valence-electron chi connectivity index (χ2n) is 6.22. The highest BCUT2D eigenvalue weighted by Crippen LogP contribution is 2.12. The number of nitrogens with one attached hydrogen (secondary N) is 2. The van der Waals surface area contributed by atoms with E-state index in [1.807, 2.05) is 13.8 Å². The Kier molecular flexibility index (Phi) is 7.87. The van der Waals surface area contributed by atoms with Gasteiger partial charge >= 0.3 is 5.97 Å². The Balaban J connectivity index is 2.82. The molecule has 0 radical (unpaired) electrons. The quantitative estimate of drug-likeness (QED) is 0.424. The van der Waals surface area contributed by atoms with E-state index in [0.29, 0.717) is 12.0 Å². The predicted octanol–water partition coefficient (Wildman–Crippen LogP) is -0.00630. The van der Waals surface area contributed by atoms with Gasteiger partial charge in [0.1, 0.15) is 17.8 Å². The van der Waals surface area contributed by atoms with Crippen molar-refractivity contribution in [1.29, 1.82) is 0 Å². The number of hydrogen-bond donors (Lipinski definition) is 5. The average molecular weight is 351 g/mol. The number of carbonyl (C=O) groups excluding carboxylic acids is 2. The van der Waals surface area contributed by atoms with Gasteiger partial charge in [0.25, 0.3) is 0 Å². The summed E-state index contributed by atoms with van der Waals surface area (Å²) in [5.74, 6) is -2.04. The first-order valence-corrected chi connectivity index (χ1v) is 8.03. The third-order valence-corrected chi connectivity index (χ3v) is 3.53. The Morgan fingerprint density at radius 3 is 2.16 bits per heavy atom. The maximum atomic E-state index is 12.4. The fourth-order valence-electron chi connectivity index (χ4n) is 2.30. The summed E-state index contributed by atoms with van der Waals surface area (Å²) in [7, 11) is 0. The van der Waals surface area contributed by atoms with Gasteiger partial charge < -0.3 is 26.6 Å². The highest BCUT2D eigenvalue weighted by atomic mass is 16.4. The Morgan fingerprint density at radius 2 is 1.68 bits per heavy atom. The molecule has 0 aliphatic heterocycles. The second kappa shape index (κ2) is 9.63. The molecule has 0 bridgehead atoms. The van der Waals surface area contributed by atoms with Crippen LogP contribution in [0.4, 0.5) is 0 Å². The van der Waals surface area contributed by atoms with Crippen molar-refractivity contribution in [3.05, 3.63) is 29.8 Å². The standard InChI is InChI=1S/C17H25N3O5/c1-10(2)7-13(19-15(22)9-18)16(23)20-14(17(24)25)8-11-3-5-12(21)6-4-11/h3-6,10,13-14,21H,7-9,18H2,1-2H3,(H,19,22)(H,20,23)(H,24,25). The number of rotatable bonds is 9. The molecule has 1 aromatic rings. The summed E-state index contributed by atoms with van der Waals surface area (Å²) in [6, 6.07) is 4.05. The zero-order chi connectivity index (χ0) is 19.0. The molecule has 0 heterocycles. The van der Waals surface area contributed by atoms with Crippen molar-refractivity contribution in [1.82, 2.24) is 10.6 Å². The number of carbonyl (C=O) groups is 3. The summed E-state index contributed by atoms with van der Waals surface area (Å²) in [6.07, 6.45) is 0.420. The average Bonchev–Trinajstić information content (AvgIpc) is 2.54. The van der Waals surface area contributed by atoms with Crippen LogP contribution in [0.2, 0.25) is 0 Å². The van der Waals surface area contributed by atoms with E-state index in [4.69, 9.17) is 5.73 Å². The number of aromatic hydroxyl groups is 1. The molecule has 1 rings (SSSR count). The summed E-state index contributed by atoms with van der Waals surface area (Å²) < 4.78 is 0. The van der Waals surface area contributed by atoms with Gasteiger partial charge in [0.2, 0.25) is 11.8 Å². The highest BCUT2D eigenvalue weighted by Gasteiger charge is 2.27. The number of amides is 2. The molecular weight excluding hydrogens is 326 g/mol. The van der Waals surface area contributed by atoms with Crippen LogP contribution in [0.5, 0.6) is 5.75 Å². The fourth-order valence-corrected chi connectivity index (χ4v) is 2.30. The Morgan fingerprint density at radius 1 is 1.08 bits per heavy atom. The Bertz CT molecular complexity index is 601. The molecule has 6 N–H and O–H groups in total. The molecule has 2 unspecified atom stereocenters. The largest absolute Gasteiger partial charge is 0.508 e. The molecule has 0 aliphatic rings. The monoisotopic (exact) mass is 351 g/mol. The molecule has 8 nitrogen and oxygen atoms in total. The number of aliphatic carboxylic acids is 1. The molecule has 0 fully saturated rings. The Labute approximate surface area is 146 Å². The first-order chi connectivity index (χ1) is 11.7. The topological polar surface area (TPSA) is 142 Å². The van der Waals surface area contributed by atoms with Gasteiger partial charge in [-0.2, -0.15) is 0 Å². The van der Waals surface area contributed by atoms with Crippen molar-refractivity contribution in [2.24, 2.45) is 11.7 Å². The smallest absolute Gasteiger partial charge is 0.326 e. The summed E-state index contributed by atoms with van der Waals surface area (Å²) in [6.45, 7) is 3.53. The third kappa shape index (κ3) is 7.21. The summed E-state index contributed by atoms with van der Waals surface area (Å²) >= 11 is 0. The zero-order valence-electron chi connectivity index (χ0n) is 14.4. The molecule has 2 atom stereocenters. The molecule has 0 aliphatic carbocycles. The van der Waals surface area contributed by atoms with Crippen LogP contribution in [0.3, 0.4) is 0 Å². The number of carboxylic acid groups (broad SMARTS) is 1. The summed E-state index contributed by atoms with van der Waals surface area (Å²) in [5, 5.41) is 23.6. The van der Waals surface area contributed by atoms with E-state index in [2.05, 4.69) is 10.6 Å². The van der Waals surface area contributed by atoms with Gasteiger partial charge in [-0.3, -0.25) is 9.59 Å². The fraction of sp³-hybridized carbons (Fsp3) is 0.471. The normalized spacial score (nSPS) is 13.1. The van der Waals surface area contributed by atoms with Gasteiger partial charge in [0.15, 0.2) is 0 Å².